The predicted octanol–water partition coefficient (Wildman–Crippen LogP) is 4.46. The Bertz CT molecular complexity index is 895. The van der Waals surface area contributed by atoms with Crippen LogP contribution < -0.4 is 0 Å². The first-order chi connectivity index (χ1) is 14.4. The zero-order chi connectivity index (χ0) is 23.0. The highest BCUT2D eigenvalue weighted by molar-refractivity contribution is 6.74. The van der Waals surface area contributed by atoms with Crippen LogP contribution in [0.3, 0.4) is 0 Å². The maximum absolute atomic E-state index is 6.99. The normalized spacial score (nSPS) is 25.0. The van der Waals surface area contributed by atoms with Gasteiger partial charge in [0.05, 0.1) is 0 Å². The first-order valence-electron chi connectivity index (χ1n) is 11.2. The molecule has 1 unspecified atom stereocenters. The molecule has 4 rings (SSSR count). The number of benzene rings is 1. The van der Waals surface area contributed by atoms with Crippen molar-refractivity contribution in [2.75, 3.05) is 35.0 Å². The van der Waals surface area contributed by atoms with E-state index in [1.54, 1.807) is 28.4 Å². The van der Waals surface area contributed by atoms with Gasteiger partial charge in [-0.25, -0.2) is 0 Å². The third-order valence-electron chi connectivity index (χ3n) is 8.12. The Balaban J connectivity index is 1.90. The average Bonchev–Trinajstić information content (AvgIpc) is 2.66. The van der Waals surface area contributed by atoms with E-state index in [9.17, 15) is 0 Å². The Hall–Kier alpha value is -0.803. The predicted molar refractivity (Wildman–Crippen MR) is 121 cm³/mol. The smallest absolute Gasteiger partial charge is 0.199 e. The molecule has 0 bridgehead atoms. The van der Waals surface area contributed by atoms with E-state index >= 15 is 0 Å². The van der Waals surface area contributed by atoms with E-state index in [0.717, 1.165) is 17.5 Å². The lowest BCUT2D eigenvalue weighted by Gasteiger charge is -2.59. The largest absolute Gasteiger partial charge is 0.386 e. The summed E-state index contributed by atoms with van der Waals surface area (Å²) in [5.41, 5.74) is 7.09. The van der Waals surface area contributed by atoms with Crippen molar-refractivity contribution in [3.63, 3.8) is 0 Å². The van der Waals surface area contributed by atoms with Crippen LogP contribution in [0.1, 0.15) is 61.1 Å². The minimum absolute atomic E-state index is 0.0872. The van der Waals surface area contributed by atoms with Crippen molar-refractivity contribution in [1.82, 2.24) is 0 Å². The quantitative estimate of drug-likeness (QED) is 0.431. The molecule has 7 heteroatoms. The molecule has 3 aliphatic carbocycles. The molecule has 3 aliphatic rings. The summed E-state index contributed by atoms with van der Waals surface area (Å²) in [7, 11) is 4.71. The number of hydrogen-bond donors (Lipinski definition) is 0. The molecule has 0 N–H and O–H groups in total. The van der Waals surface area contributed by atoms with Crippen molar-refractivity contribution in [3.8, 4) is 0 Å². The van der Waals surface area contributed by atoms with Crippen LogP contribution in [0.15, 0.2) is 0 Å². The molecule has 0 aromatic heterocycles. The fourth-order valence-electron chi connectivity index (χ4n) is 5.32. The minimum Gasteiger partial charge on any atom is -0.386 e. The molecule has 6 nitrogen and oxygen atoms in total. The summed E-state index contributed by atoms with van der Waals surface area (Å²) in [5, 5.41) is 0.0872. The summed E-state index contributed by atoms with van der Waals surface area (Å²) in [6.07, 6.45) is 2.12. The van der Waals surface area contributed by atoms with Gasteiger partial charge in [0.1, 0.15) is 0 Å². The summed E-state index contributed by atoms with van der Waals surface area (Å²) in [6, 6.07) is 0. The fourth-order valence-corrected chi connectivity index (χ4v) is 6.69. The molecular formula is C24H38O6Si. The molecule has 0 spiro atoms. The van der Waals surface area contributed by atoms with Crippen LogP contribution in [-0.4, -0.2) is 43.4 Å². The number of ether oxygens (including phenoxy) is 5. The first kappa shape index (κ1) is 23.4. The third-order valence-corrected chi connectivity index (χ3v) is 12.6. The highest BCUT2D eigenvalue weighted by Gasteiger charge is 2.64. The zero-order valence-electron chi connectivity index (χ0n) is 20.8. The summed E-state index contributed by atoms with van der Waals surface area (Å²) in [5.74, 6) is -2.23. The monoisotopic (exact) mass is 450 g/mol. The lowest BCUT2D eigenvalue weighted by atomic mass is 9.58. The summed E-state index contributed by atoms with van der Waals surface area (Å²) in [6.45, 7) is 14.0. The Labute approximate surface area is 187 Å². The number of hydrogen-bond acceptors (Lipinski definition) is 6. The van der Waals surface area contributed by atoms with Crippen LogP contribution in [0.25, 0.3) is 0 Å². The molecule has 174 valence electrons. The van der Waals surface area contributed by atoms with Gasteiger partial charge in [-0.15, -0.1) is 0 Å². The van der Waals surface area contributed by atoms with Crippen LogP contribution in [0.4, 0.5) is 0 Å². The van der Waals surface area contributed by atoms with Gasteiger partial charge in [0.15, 0.2) is 25.7 Å². The molecule has 1 aromatic rings. The molecule has 0 radical (unpaired) electrons. The van der Waals surface area contributed by atoms with Gasteiger partial charge in [0, 0.05) is 71.0 Å². The van der Waals surface area contributed by atoms with E-state index in [4.69, 9.17) is 28.1 Å². The van der Waals surface area contributed by atoms with Gasteiger partial charge in [0.2, 0.25) is 0 Å². The molecular weight excluding hydrogens is 412 g/mol. The maximum atomic E-state index is 6.99. The van der Waals surface area contributed by atoms with Gasteiger partial charge in [0.25, 0.3) is 0 Å². The van der Waals surface area contributed by atoms with Crippen molar-refractivity contribution in [2.45, 2.75) is 82.5 Å². The molecule has 0 fully saturated rings. The molecule has 1 aromatic carbocycles. The van der Waals surface area contributed by atoms with Crippen molar-refractivity contribution >= 4 is 8.32 Å². The maximum Gasteiger partial charge on any atom is 0.199 e. The van der Waals surface area contributed by atoms with E-state index in [1.165, 1.54) is 22.3 Å². The number of methoxy groups -OCH3 is 4. The van der Waals surface area contributed by atoms with Gasteiger partial charge in [-0.3, -0.25) is 0 Å². The highest BCUT2D eigenvalue weighted by Crippen LogP contribution is 2.63. The van der Waals surface area contributed by atoms with E-state index in [1.807, 2.05) is 6.92 Å². The van der Waals surface area contributed by atoms with E-state index < -0.39 is 25.7 Å². The molecule has 31 heavy (non-hydrogen) atoms. The van der Waals surface area contributed by atoms with Gasteiger partial charge < -0.3 is 28.1 Å². The second kappa shape index (κ2) is 7.10. The molecule has 0 saturated heterocycles. The molecule has 0 saturated carbocycles. The van der Waals surface area contributed by atoms with Crippen LogP contribution in [-0.2, 0) is 64.7 Å². The van der Waals surface area contributed by atoms with Gasteiger partial charge >= 0.3 is 0 Å². The van der Waals surface area contributed by atoms with E-state index in [2.05, 4.69) is 33.9 Å². The molecule has 0 heterocycles. The van der Waals surface area contributed by atoms with E-state index in [-0.39, 0.29) is 5.04 Å². The van der Waals surface area contributed by atoms with Gasteiger partial charge in [-0.1, -0.05) is 20.8 Å². The van der Waals surface area contributed by atoms with Crippen molar-refractivity contribution in [2.24, 2.45) is 0 Å². The van der Waals surface area contributed by atoms with Crippen LogP contribution in [0, 0.1) is 0 Å². The molecule has 0 aliphatic heterocycles. The topological polar surface area (TPSA) is 55.4 Å². The summed E-state index contributed by atoms with van der Waals surface area (Å²) in [4.78, 5) is 0. The standard InChI is InChI=1S/C24H38O6Si/c1-11-29-24(30-31(9,10)21(2,3)4)13-15-16-12-22(25-5,26-6)19(16)20-17(18(15)24)14-23(20,27-7)28-8/h11-14H2,1-10H3. The lowest BCUT2D eigenvalue weighted by molar-refractivity contribution is -0.260. The van der Waals surface area contributed by atoms with Crippen molar-refractivity contribution < 1.29 is 28.1 Å². The Morgan fingerprint density at radius 1 is 0.710 bits per heavy atom. The third kappa shape index (κ3) is 2.84. The van der Waals surface area contributed by atoms with Crippen molar-refractivity contribution in [3.05, 3.63) is 33.4 Å². The fraction of sp³-hybridized carbons (Fsp3) is 0.750. The Kier molecular flexibility index (Phi) is 5.35. The summed E-state index contributed by atoms with van der Waals surface area (Å²) >= 11 is 0. The number of fused-ring (bicyclic) bond motifs is 6. The molecule has 1 atom stereocenters. The van der Waals surface area contributed by atoms with Crippen LogP contribution in [0.5, 0.6) is 0 Å². The molecule has 0 amide bonds. The SMILES string of the molecule is CCOC1(O[Si](C)(C)C(C)(C)C)Cc2c3c(c4c(c21)CC4(OC)OC)C(OC)(OC)C3. The van der Waals surface area contributed by atoms with Crippen LogP contribution in [0.2, 0.25) is 18.1 Å². The Morgan fingerprint density at radius 3 is 1.58 bits per heavy atom. The second-order valence-electron chi connectivity index (χ2n) is 10.5. The number of rotatable bonds is 8. The minimum atomic E-state index is -2.08. The first-order valence-corrected chi connectivity index (χ1v) is 14.1. The van der Waals surface area contributed by atoms with Crippen molar-refractivity contribution in [1.29, 1.82) is 0 Å². The van der Waals surface area contributed by atoms with Gasteiger partial charge in [-0.2, -0.15) is 0 Å². The average molecular weight is 451 g/mol. The summed E-state index contributed by atoms with van der Waals surface area (Å²) < 4.78 is 36.9. The lowest BCUT2D eigenvalue weighted by Crippen LogP contribution is -2.60. The zero-order valence-corrected chi connectivity index (χ0v) is 21.8. The van der Waals surface area contributed by atoms with E-state index in [0.29, 0.717) is 19.4 Å². The highest BCUT2D eigenvalue weighted by atomic mass is 28.4. The second-order valence-corrected chi connectivity index (χ2v) is 15.2. The Morgan fingerprint density at radius 2 is 1.13 bits per heavy atom. The van der Waals surface area contributed by atoms with Gasteiger partial charge in [-0.05, 0) is 41.7 Å². The van der Waals surface area contributed by atoms with Crippen LogP contribution >= 0.6 is 0 Å².